The number of nitro benzene ring substituents is 1. The predicted molar refractivity (Wildman–Crippen MR) is 132 cm³/mol. The van der Waals surface area contributed by atoms with E-state index >= 15 is 0 Å². The van der Waals surface area contributed by atoms with Gasteiger partial charge in [-0.15, -0.1) is 0 Å². The van der Waals surface area contributed by atoms with Gasteiger partial charge in [0.1, 0.15) is 11.3 Å². The minimum atomic E-state index is -1.79. The summed E-state index contributed by atoms with van der Waals surface area (Å²) >= 11 is 0. The number of aliphatic carboxylic acids is 1. The van der Waals surface area contributed by atoms with Crippen LogP contribution in [-0.4, -0.2) is 51.4 Å². The molecule has 10 nitrogen and oxygen atoms in total. The van der Waals surface area contributed by atoms with Gasteiger partial charge in [-0.1, -0.05) is 49.6 Å². The van der Waals surface area contributed by atoms with E-state index in [-0.39, 0.29) is 24.1 Å². The smallest absolute Gasteiger partial charge is 0.325 e. The predicted octanol–water partition coefficient (Wildman–Crippen LogP) is 3.25. The maximum atomic E-state index is 14.0. The lowest BCUT2D eigenvalue weighted by molar-refractivity contribution is -0.384. The number of likely N-dealkylation sites (tertiary alicyclic amines) is 1. The first kappa shape index (κ1) is 24.9. The van der Waals surface area contributed by atoms with Gasteiger partial charge in [-0.2, -0.15) is 0 Å². The highest BCUT2D eigenvalue weighted by Crippen LogP contribution is 2.52. The summed E-state index contributed by atoms with van der Waals surface area (Å²) in [6.45, 7) is 0. The van der Waals surface area contributed by atoms with Crippen LogP contribution in [-0.2, 0) is 20.8 Å². The first-order chi connectivity index (χ1) is 17.8. The van der Waals surface area contributed by atoms with Crippen molar-refractivity contribution >= 4 is 23.5 Å². The van der Waals surface area contributed by atoms with Crippen LogP contribution in [0.2, 0.25) is 0 Å². The van der Waals surface area contributed by atoms with Gasteiger partial charge in [0.2, 0.25) is 11.8 Å². The first-order valence-corrected chi connectivity index (χ1v) is 12.5. The largest absolute Gasteiger partial charge is 0.496 e. The average Bonchev–Trinajstić information content (AvgIpc) is 3.38. The van der Waals surface area contributed by atoms with Gasteiger partial charge < -0.3 is 9.84 Å². The fourth-order valence-electron chi connectivity index (χ4n) is 6.41. The molecule has 2 N–H and O–H groups in total. The second-order valence-electron chi connectivity index (χ2n) is 10.1. The molecule has 3 fully saturated rings. The second kappa shape index (κ2) is 9.59. The van der Waals surface area contributed by atoms with Crippen molar-refractivity contribution in [2.45, 2.75) is 56.1 Å². The molecule has 2 aromatic rings. The van der Waals surface area contributed by atoms with Crippen molar-refractivity contribution in [3.05, 3.63) is 69.8 Å². The van der Waals surface area contributed by atoms with Crippen LogP contribution >= 0.6 is 0 Å². The molecule has 10 heteroatoms. The van der Waals surface area contributed by atoms with Crippen LogP contribution in [0, 0.1) is 22.0 Å². The number of carbonyl (C=O) groups is 3. The zero-order chi connectivity index (χ0) is 26.3. The Morgan fingerprint density at radius 2 is 1.78 bits per heavy atom. The van der Waals surface area contributed by atoms with E-state index in [9.17, 15) is 29.6 Å². The number of nitro groups is 1. The quantitative estimate of drug-likeness (QED) is 0.331. The zero-order valence-electron chi connectivity index (χ0n) is 20.5. The Labute approximate surface area is 213 Å². The van der Waals surface area contributed by atoms with Gasteiger partial charge in [0.05, 0.1) is 23.9 Å². The molecule has 5 rings (SSSR count). The number of ether oxygens (including phenoxy) is 1. The van der Waals surface area contributed by atoms with Crippen LogP contribution in [0.5, 0.6) is 5.75 Å². The fourth-order valence-corrected chi connectivity index (χ4v) is 6.41. The zero-order valence-corrected chi connectivity index (χ0v) is 20.5. The van der Waals surface area contributed by atoms with Crippen molar-refractivity contribution < 1.29 is 29.2 Å². The molecule has 1 saturated carbocycles. The SMILES string of the molecule is COc1ccccc1C1NC(Cc2ccc([N+](=O)[O-])cc2)(C(=O)O)C2C(=O)N(C3CCCCC3)C(=O)C12. The van der Waals surface area contributed by atoms with E-state index in [2.05, 4.69) is 5.32 Å². The third-order valence-corrected chi connectivity index (χ3v) is 8.11. The van der Waals surface area contributed by atoms with Crippen LogP contribution in [0.25, 0.3) is 0 Å². The molecule has 0 spiro atoms. The maximum Gasteiger partial charge on any atom is 0.325 e. The van der Waals surface area contributed by atoms with E-state index in [1.54, 1.807) is 24.3 Å². The summed E-state index contributed by atoms with van der Waals surface area (Å²) in [5, 5.41) is 24.9. The lowest BCUT2D eigenvalue weighted by atomic mass is 9.76. The second-order valence-corrected chi connectivity index (χ2v) is 10.1. The summed E-state index contributed by atoms with van der Waals surface area (Å²) in [5.74, 6) is -3.62. The number of benzene rings is 2. The molecule has 3 aliphatic rings. The van der Waals surface area contributed by atoms with Gasteiger partial charge in [-0.3, -0.25) is 34.7 Å². The highest BCUT2D eigenvalue weighted by molar-refractivity contribution is 6.09. The molecule has 0 radical (unpaired) electrons. The number of nitrogens with one attached hydrogen (secondary N) is 1. The summed E-state index contributed by atoms with van der Waals surface area (Å²) < 4.78 is 5.53. The molecular formula is C27H29N3O7. The van der Waals surface area contributed by atoms with Crippen LogP contribution in [0.1, 0.15) is 49.3 Å². The molecule has 2 aromatic carbocycles. The topological polar surface area (TPSA) is 139 Å². The molecule has 4 atom stereocenters. The van der Waals surface area contributed by atoms with Crippen LogP contribution < -0.4 is 10.1 Å². The Hall–Kier alpha value is -3.79. The summed E-state index contributed by atoms with van der Waals surface area (Å²) in [4.78, 5) is 52.8. The average molecular weight is 508 g/mol. The Morgan fingerprint density at radius 1 is 1.11 bits per heavy atom. The Balaban J connectivity index is 1.61. The number of imide groups is 1. The van der Waals surface area contributed by atoms with E-state index in [4.69, 9.17) is 4.74 Å². The van der Waals surface area contributed by atoms with E-state index in [0.29, 0.717) is 29.7 Å². The number of rotatable bonds is 7. The molecule has 37 heavy (non-hydrogen) atoms. The molecule has 0 aromatic heterocycles. The van der Waals surface area contributed by atoms with Crippen molar-refractivity contribution in [2.75, 3.05) is 7.11 Å². The normalized spacial score (nSPS) is 27.8. The lowest BCUT2D eigenvalue weighted by Gasteiger charge is -2.34. The Morgan fingerprint density at radius 3 is 2.41 bits per heavy atom. The van der Waals surface area contributed by atoms with Gasteiger partial charge in [0.25, 0.3) is 5.69 Å². The van der Waals surface area contributed by atoms with Crippen molar-refractivity contribution in [3.63, 3.8) is 0 Å². The van der Waals surface area contributed by atoms with Crippen molar-refractivity contribution in [1.29, 1.82) is 0 Å². The molecule has 2 aliphatic heterocycles. The number of hydrogen-bond donors (Lipinski definition) is 2. The molecule has 0 bridgehead atoms. The molecule has 1 aliphatic carbocycles. The molecule has 2 amide bonds. The highest BCUT2D eigenvalue weighted by Gasteiger charge is 2.69. The number of hydrogen-bond acceptors (Lipinski definition) is 7. The third kappa shape index (κ3) is 4.05. The maximum absolute atomic E-state index is 14.0. The number of amides is 2. The van der Waals surface area contributed by atoms with Gasteiger partial charge in [0, 0.05) is 36.2 Å². The molecule has 4 unspecified atom stereocenters. The Bertz CT molecular complexity index is 1240. The van der Waals surface area contributed by atoms with Gasteiger partial charge >= 0.3 is 5.97 Å². The van der Waals surface area contributed by atoms with E-state index in [1.165, 1.54) is 36.3 Å². The fraction of sp³-hybridized carbons (Fsp3) is 0.444. The standard InChI is InChI=1S/C27H29N3O7/c1-37-20-10-6-5-9-19(20)23-21-22(25(32)29(24(21)31)17-7-3-2-4-8-17)27(28-23,26(33)34)15-16-11-13-18(14-12-16)30(35)36/h5-6,9-14,17,21-23,28H,2-4,7-8,15H2,1H3,(H,33,34). The van der Waals surface area contributed by atoms with Crippen molar-refractivity contribution in [1.82, 2.24) is 10.2 Å². The van der Waals surface area contributed by atoms with Crippen molar-refractivity contribution in [3.8, 4) is 5.75 Å². The van der Waals surface area contributed by atoms with Crippen LogP contribution in [0.15, 0.2) is 48.5 Å². The monoisotopic (exact) mass is 507 g/mol. The molecular weight excluding hydrogens is 478 g/mol. The third-order valence-electron chi connectivity index (χ3n) is 8.11. The Kier molecular flexibility index (Phi) is 6.45. The van der Waals surface area contributed by atoms with E-state index < -0.39 is 40.2 Å². The van der Waals surface area contributed by atoms with E-state index in [1.807, 2.05) is 0 Å². The molecule has 194 valence electrons. The number of carbonyl (C=O) groups excluding carboxylic acids is 2. The summed E-state index contributed by atoms with van der Waals surface area (Å²) in [7, 11) is 1.50. The number of non-ortho nitro benzene ring substituents is 1. The number of carboxylic acids is 1. The van der Waals surface area contributed by atoms with Gasteiger partial charge in [-0.05, 0) is 24.5 Å². The summed E-state index contributed by atoms with van der Waals surface area (Å²) in [6.07, 6.45) is 4.18. The lowest BCUT2D eigenvalue weighted by Crippen LogP contribution is -2.58. The first-order valence-electron chi connectivity index (χ1n) is 12.5. The summed E-state index contributed by atoms with van der Waals surface area (Å²) in [6, 6.07) is 11.7. The summed E-state index contributed by atoms with van der Waals surface area (Å²) in [5.41, 5.74) is -0.787. The minimum absolute atomic E-state index is 0.118. The molecule has 2 heterocycles. The number of carboxylic acid groups (broad SMARTS) is 1. The number of nitrogens with zero attached hydrogens (tertiary/aromatic N) is 2. The van der Waals surface area contributed by atoms with Crippen LogP contribution in [0.3, 0.4) is 0 Å². The van der Waals surface area contributed by atoms with Gasteiger partial charge in [0.15, 0.2) is 0 Å². The number of fused-ring (bicyclic) bond motifs is 1. The number of methoxy groups -OCH3 is 1. The molecule has 2 saturated heterocycles. The van der Waals surface area contributed by atoms with Gasteiger partial charge in [-0.25, -0.2) is 0 Å². The van der Waals surface area contributed by atoms with E-state index in [0.717, 1.165) is 19.3 Å². The highest BCUT2D eigenvalue weighted by atomic mass is 16.6. The minimum Gasteiger partial charge on any atom is -0.496 e. The van der Waals surface area contributed by atoms with Crippen LogP contribution in [0.4, 0.5) is 5.69 Å². The number of para-hydroxylation sites is 1. The van der Waals surface area contributed by atoms with Crippen molar-refractivity contribution in [2.24, 2.45) is 11.8 Å².